The summed E-state index contributed by atoms with van der Waals surface area (Å²) in [5.41, 5.74) is 2.00. The number of nitrogens with zero attached hydrogens (tertiary/aromatic N) is 3. The van der Waals surface area contributed by atoms with Gasteiger partial charge in [-0.1, -0.05) is 17.7 Å². The van der Waals surface area contributed by atoms with Gasteiger partial charge in [0.15, 0.2) is 5.69 Å². The number of likely N-dealkylation sites (tertiary alicyclic amines) is 1. The molecule has 8 heteroatoms. The van der Waals surface area contributed by atoms with Crippen molar-refractivity contribution >= 4 is 39.1 Å². The van der Waals surface area contributed by atoms with Crippen molar-refractivity contribution in [2.24, 2.45) is 0 Å². The minimum absolute atomic E-state index is 0.212. The summed E-state index contributed by atoms with van der Waals surface area (Å²) in [5, 5.41) is 17.6. The molecule has 2 atom stereocenters. The molecule has 2 aliphatic rings. The largest absolute Gasteiger partial charge is 0.392 e. The maximum atomic E-state index is 12.7. The van der Waals surface area contributed by atoms with Crippen LogP contribution in [0.5, 0.6) is 0 Å². The number of anilines is 1. The minimum Gasteiger partial charge on any atom is -0.392 e. The van der Waals surface area contributed by atoms with Gasteiger partial charge in [0.2, 0.25) is 0 Å². The maximum Gasteiger partial charge on any atom is 0.276 e. The zero-order valence-corrected chi connectivity index (χ0v) is 16.5. The summed E-state index contributed by atoms with van der Waals surface area (Å²) in [6, 6.07) is 7.48. The second kappa shape index (κ2) is 7.31. The molecule has 1 amide bonds. The highest BCUT2D eigenvalue weighted by atomic mass is 79.9. The second-order valence-corrected chi connectivity index (χ2v) is 8.06. The zero-order chi connectivity index (χ0) is 18.3. The van der Waals surface area contributed by atoms with E-state index in [1.54, 1.807) is 6.07 Å². The highest BCUT2D eigenvalue weighted by molar-refractivity contribution is 9.10. The van der Waals surface area contributed by atoms with Gasteiger partial charge < -0.3 is 10.4 Å². The summed E-state index contributed by atoms with van der Waals surface area (Å²) in [7, 11) is 0. The molecule has 0 saturated carbocycles. The fourth-order valence-electron chi connectivity index (χ4n) is 3.78. The van der Waals surface area contributed by atoms with E-state index in [1.807, 2.05) is 22.9 Å². The second-order valence-electron chi connectivity index (χ2n) is 6.83. The van der Waals surface area contributed by atoms with Crippen LogP contribution in [0.1, 0.15) is 41.5 Å². The van der Waals surface area contributed by atoms with Crippen molar-refractivity contribution in [1.82, 2.24) is 14.7 Å². The van der Waals surface area contributed by atoms with Gasteiger partial charge in [0.25, 0.3) is 5.91 Å². The van der Waals surface area contributed by atoms with Crippen LogP contribution >= 0.6 is 27.5 Å². The van der Waals surface area contributed by atoms with E-state index in [0.29, 0.717) is 22.9 Å². The van der Waals surface area contributed by atoms with Crippen LogP contribution in [0.3, 0.4) is 0 Å². The number of aryl methyl sites for hydroxylation is 1. The number of rotatable bonds is 3. The van der Waals surface area contributed by atoms with Crippen LogP contribution < -0.4 is 5.32 Å². The highest BCUT2D eigenvalue weighted by Crippen LogP contribution is 2.34. The Balaban J connectivity index is 1.56. The van der Waals surface area contributed by atoms with E-state index in [0.717, 1.165) is 42.5 Å². The van der Waals surface area contributed by atoms with Crippen LogP contribution in [0.25, 0.3) is 0 Å². The molecule has 2 aliphatic heterocycles. The summed E-state index contributed by atoms with van der Waals surface area (Å²) in [6.45, 7) is 2.38. The standard InChI is InChI=1S/C18H20BrClN4O2/c19-12-3-1-4-13(17(12)20)21-18(26)14-9-16-15(5-2-7-24(16)22-14)23-8-6-11(25)10-23/h1,3-4,9,11,15,25H,2,5-8,10H2,(H,21,26)/t11-,15-/m1/s1. The topological polar surface area (TPSA) is 70.4 Å². The number of fused-ring (bicyclic) bond motifs is 1. The molecule has 1 saturated heterocycles. The number of halogens is 2. The van der Waals surface area contributed by atoms with Crippen molar-refractivity contribution in [3.63, 3.8) is 0 Å². The Morgan fingerprint density at radius 1 is 1.35 bits per heavy atom. The average molecular weight is 440 g/mol. The summed E-state index contributed by atoms with van der Waals surface area (Å²) < 4.78 is 2.66. The van der Waals surface area contributed by atoms with E-state index in [-0.39, 0.29) is 18.1 Å². The van der Waals surface area contributed by atoms with Gasteiger partial charge in [0.05, 0.1) is 28.5 Å². The monoisotopic (exact) mass is 438 g/mol. The Morgan fingerprint density at radius 3 is 2.96 bits per heavy atom. The molecule has 1 aromatic heterocycles. The first-order chi connectivity index (χ1) is 12.5. The van der Waals surface area contributed by atoms with Gasteiger partial charge >= 0.3 is 0 Å². The predicted octanol–water partition coefficient (Wildman–Crippen LogP) is 3.45. The number of amides is 1. The maximum absolute atomic E-state index is 12.7. The molecule has 138 valence electrons. The van der Waals surface area contributed by atoms with Gasteiger partial charge in [0.1, 0.15) is 0 Å². The SMILES string of the molecule is O=C(Nc1cccc(Br)c1Cl)c1cc2n(n1)CCC[C@H]2N1CC[C@@H](O)C1. The van der Waals surface area contributed by atoms with Crippen molar-refractivity contribution in [3.8, 4) is 0 Å². The number of carbonyl (C=O) groups is 1. The fourth-order valence-corrected chi connectivity index (χ4v) is 4.32. The lowest BCUT2D eigenvalue weighted by atomic mass is 10.0. The van der Waals surface area contributed by atoms with Gasteiger partial charge in [-0.15, -0.1) is 0 Å². The van der Waals surface area contributed by atoms with Gasteiger partial charge in [-0.2, -0.15) is 5.10 Å². The first kappa shape index (κ1) is 18.0. The van der Waals surface area contributed by atoms with Crippen molar-refractivity contribution in [2.45, 2.75) is 38.0 Å². The lowest BCUT2D eigenvalue weighted by molar-refractivity contribution is 0.102. The third-order valence-electron chi connectivity index (χ3n) is 5.07. The van der Waals surface area contributed by atoms with Crippen LogP contribution in [-0.4, -0.2) is 44.9 Å². The minimum atomic E-state index is -0.271. The Bertz CT molecular complexity index is 841. The molecular formula is C18H20BrClN4O2. The van der Waals surface area contributed by atoms with Gasteiger partial charge in [-0.05, 0) is 53.4 Å². The van der Waals surface area contributed by atoms with E-state index in [1.165, 1.54) is 0 Å². The highest BCUT2D eigenvalue weighted by Gasteiger charge is 2.33. The molecule has 2 aromatic rings. The zero-order valence-electron chi connectivity index (χ0n) is 14.2. The number of nitrogens with one attached hydrogen (secondary N) is 1. The first-order valence-electron chi connectivity index (χ1n) is 8.78. The Kier molecular flexibility index (Phi) is 5.05. The molecular weight excluding hydrogens is 420 g/mol. The normalized spacial score (nSPS) is 23.0. The van der Waals surface area contributed by atoms with Crippen molar-refractivity contribution < 1.29 is 9.90 Å². The van der Waals surface area contributed by atoms with E-state index in [4.69, 9.17) is 11.6 Å². The molecule has 0 bridgehead atoms. The molecule has 6 nitrogen and oxygen atoms in total. The smallest absolute Gasteiger partial charge is 0.276 e. The van der Waals surface area contributed by atoms with Crippen LogP contribution in [0.15, 0.2) is 28.7 Å². The van der Waals surface area contributed by atoms with E-state index in [9.17, 15) is 9.90 Å². The molecule has 1 fully saturated rings. The average Bonchev–Trinajstić information content (AvgIpc) is 3.24. The number of aliphatic hydroxyl groups is 1. The lowest BCUT2D eigenvalue weighted by Crippen LogP contribution is -2.32. The summed E-state index contributed by atoms with van der Waals surface area (Å²) >= 11 is 9.59. The molecule has 0 unspecified atom stereocenters. The Labute approximate surface area is 165 Å². The molecule has 4 rings (SSSR count). The third-order valence-corrected chi connectivity index (χ3v) is 6.36. The number of carbonyl (C=O) groups excluding carboxylic acids is 1. The quantitative estimate of drug-likeness (QED) is 0.768. The number of hydrogen-bond acceptors (Lipinski definition) is 4. The Morgan fingerprint density at radius 2 is 2.19 bits per heavy atom. The predicted molar refractivity (Wildman–Crippen MR) is 104 cm³/mol. The van der Waals surface area contributed by atoms with Crippen LogP contribution in [0, 0.1) is 0 Å². The van der Waals surface area contributed by atoms with Crippen LogP contribution in [-0.2, 0) is 6.54 Å². The number of aromatic nitrogens is 2. The van der Waals surface area contributed by atoms with Crippen LogP contribution in [0.4, 0.5) is 5.69 Å². The third kappa shape index (κ3) is 3.41. The summed E-state index contributed by atoms with van der Waals surface area (Å²) in [5.74, 6) is -0.271. The van der Waals surface area contributed by atoms with E-state index in [2.05, 4.69) is 31.2 Å². The Hall–Kier alpha value is -1.41. The van der Waals surface area contributed by atoms with E-state index < -0.39 is 0 Å². The molecule has 1 aromatic carbocycles. The summed E-state index contributed by atoms with van der Waals surface area (Å²) in [4.78, 5) is 15.0. The molecule has 2 N–H and O–H groups in total. The van der Waals surface area contributed by atoms with Gasteiger partial charge in [0, 0.05) is 24.1 Å². The van der Waals surface area contributed by atoms with E-state index >= 15 is 0 Å². The van der Waals surface area contributed by atoms with Gasteiger partial charge in [-0.3, -0.25) is 14.4 Å². The van der Waals surface area contributed by atoms with Crippen LogP contribution in [0.2, 0.25) is 5.02 Å². The molecule has 3 heterocycles. The van der Waals surface area contributed by atoms with Gasteiger partial charge in [-0.25, -0.2) is 0 Å². The molecule has 26 heavy (non-hydrogen) atoms. The fraction of sp³-hybridized carbons (Fsp3) is 0.444. The molecule has 0 aliphatic carbocycles. The van der Waals surface area contributed by atoms with Crippen molar-refractivity contribution in [1.29, 1.82) is 0 Å². The number of hydrogen-bond donors (Lipinski definition) is 2. The molecule has 0 radical (unpaired) electrons. The number of aliphatic hydroxyl groups excluding tert-OH is 1. The number of β-amino-alcohol motifs (C(OH)–C–C–N with tert-alkyl or cyclic N) is 1. The number of benzene rings is 1. The first-order valence-corrected chi connectivity index (χ1v) is 9.95. The van der Waals surface area contributed by atoms with Crippen molar-refractivity contribution in [2.75, 3.05) is 18.4 Å². The summed E-state index contributed by atoms with van der Waals surface area (Å²) in [6.07, 6.45) is 2.59. The lowest BCUT2D eigenvalue weighted by Gasteiger charge is -2.31. The molecule has 0 spiro atoms. The van der Waals surface area contributed by atoms with Crippen molar-refractivity contribution in [3.05, 3.63) is 45.1 Å².